The average Bonchev–Trinajstić information content (AvgIpc) is 2.53. The number of imide groups is 1. The van der Waals surface area contributed by atoms with Gasteiger partial charge in [-0.05, 0) is 25.1 Å². The van der Waals surface area contributed by atoms with Crippen molar-refractivity contribution in [3.8, 4) is 0 Å². The second kappa shape index (κ2) is 6.61. The van der Waals surface area contributed by atoms with Crippen molar-refractivity contribution in [2.75, 3.05) is 7.05 Å². The molecule has 0 aliphatic heterocycles. The first kappa shape index (κ1) is 15.4. The van der Waals surface area contributed by atoms with Crippen LogP contribution in [0.15, 0.2) is 30.6 Å². The van der Waals surface area contributed by atoms with E-state index in [0.717, 1.165) is 0 Å². The molecule has 0 bridgehead atoms. The van der Waals surface area contributed by atoms with Crippen LogP contribution in [0.25, 0.3) is 11.0 Å². The fraction of sp³-hybridized carbons (Fsp3) is 0.214. The normalized spacial score (nSPS) is 11.5. The molecule has 1 aromatic heterocycles. The number of esters is 1. The number of urea groups is 1. The largest absolute Gasteiger partial charge is 0.449 e. The first-order chi connectivity index (χ1) is 10.5. The molecule has 1 atom stereocenters. The topological polar surface area (TPSA) is 110 Å². The van der Waals surface area contributed by atoms with Gasteiger partial charge in [-0.3, -0.25) is 20.1 Å². The SMILES string of the molecule is CNC(=O)NC(=O)[C@@H](C)OC(=O)c1ccc2nccnc2c1. The van der Waals surface area contributed by atoms with Crippen LogP contribution in [0.3, 0.4) is 0 Å². The van der Waals surface area contributed by atoms with Gasteiger partial charge in [-0.25, -0.2) is 9.59 Å². The van der Waals surface area contributed by atoms with E-state index in [9.17, 15) is 14.4 Å². The molecule has 0 fully saturated rings. The molecule has 2 rings (SSSR count). The number of nitrogens with one attached hydrogen (secondary N) is 2. The van der Waals surface area contributed by atoms with Crippen LogP contribution < -0.4 is 10.6 Å². The van der Waals surface area contributed by atoms with E-state index in [1.54, 1.807) is 12.3 Å². The van der Waals surface area contributed by atoms with Crippen molar-refractivity contribution in [3.63, 3.8) is 0 Å². The number of hydrogen-bond acceptors (Lipinski definition) is 6. The fourth-order valence-corrected chi connectivity index (χ4v) is 1.65. The summed E-state index contributed by atoms with van der Waals surface area (Å²) in [6, 6.07) is 4.01. The van der Waals surface area contributed by atoms with Crippen LogP contribution in [0.5, 0.6) is 0 Å². The lowest BCUT2D eigenvalue weighted by Crippen LogP contribution is -2.43. The third-order valence-electron chi connectivity index (χ3n) is 2.82. The van der Waals surface area contributed by atoms with E-state index in [2.05, 4.69) is 15.3 Å². The Morgan fingerprint density at radius 3 is 2.50 bits per heavy atom. The fourth-order valence-electron chi connectivity index (χ4n) is 1.65. The first-order valence-corrected chi connectivity index (χ1v) is 6.45. The van der Waals surface area contributed by atoms with Crippen LogP contribution in [0.1, 0.15) is 17.3 Å². The Kier molecular flexibility index (Phi) is 4.62. The molecule has 0 unspecified atom stereocenters. The van der Waals surface area contributed by atoms with Crippen LogP contribution in [0.2, 0.25) is 0 Å². The minimum atomic E-state index is -1.11. The number of fused-ring (bicyclic) bond motifs is 1. The Labute approximate surface area is 125 Å². The third-order valence-corrected chi connectivity index (χ3v) is 2.82. The number of hydrogen-bond donors (Lipinski definition) is 2. The lowest BCUT2D eigenvalue weighted by molar-refractivity contribution is -0.127. The zero-order valence-electron chi connectivity index (χ0n) is 12.0. The molecule has 3 amide bonds. The molecule has 0 aliphatic carbocycles. The van der Waals surface area contributed by atoms with E-state index in [1.807, 2.05) is 5.32 Å². The van der Waals surface area contributed by atoms with E-state index in [1.165, 1.54) is 32.3 Å². The third kappa shape index (κ3) is 3.54. The molecule has 8 nitrogen and oxygen atoms in total. The van der Waals surface area contributed by atoms with Crippen LogP contribution in [0, 0.1) is 0 Å². The number of carbonyl (C=O) groups is 3. The summed E-state index contributed by atoms with van der Waals surface area (Å²) in [7, 11) is 1.37. The average molecular weight is 302 g/mol. The second-order valence-electron chi connectivity index (χ2n) is 4.38. The number of nitrogens with zero attached hydrogens (tertiary/aromatic N) is 2. The first-order valence-electron chi connectivity index (χ1n) is 6.45. The van der Waals surface area contributed by atoms with Gasteiger partial charge in [-0.1, -0.05) is 0 Å². The van der Waals surface area contributed by atoms with Crippen molar-refractivity contribution < 1.29 is 19.1 Å². The number of rotatable bonds is 3. The maximum Gasteiger partial charge on any atom is 0.338 e. The molecule has 0 aliphatic rings. The summed E-state index contributed by atoms with van der Waals surface area (Å²) >= 11 is 0. The van der Waals surface area contributed by atoms with Gasteiger partial charge in [0.2, 0.25) is 0 Å². The highest BCUT2D eigenvalue weighted by atomic mass is 16.5. The molecule has 114 valence electrons. The highest BCUT2D eigenvalue weighted by molar-refractivity contribution is 5.99. The van der Waals surface area contributed by atoms with Crippen molar-refractivity contribution in [1.29, 1.82) is 0 Å². The zero-order valence-corrected chi connectivity index (χ0v) is 12.0. The minimum Gasteiger partial charge on any atom is -0.449 e. The smallest absolute Gasteiger partial charge is 0.338 e. The Morgan fingerprint density at radius 1 is 1.14 bits per heavy atom. The summed E-state index contributed by atoms with van der Waals surface area (Å²) in [5, 5.41) is 4.26. The minimum absolute atomic E-state index is 0.243. The molecular formula is C14H14N4O4. The Hall–Kier alpha value is -3.03. The van der Waals surface area contributed by atoms with E-state index < -0.39 is 24.0 Å². The lowest BCUT2D eigenvalue weighted by atomic mass is 10.2. The van der Waals surface area contributed by atoms with Crippen molar-refractivity contribution in [2.45, 2.75) is 13.0 Å². The number of ether oxygens (including phenoxy) is 1. The monoisotopic (exact) mass is 302 g/mol. The van der Waals surface area contributed by atoms with Crippen LogP contribution in [-0.4, -0.2) is 41.0 Å². The maximum absolute atomic E-state index is 12.0. The van der Waals surface area contributed by atoms with E-state index in [-0.39, 0.29) is 5.56 Å². The van der Waals surface area contributed by atoms with E-state index in [4.69, 9.17) is 4.74 Å². The Morgan fingerprint density at radius 2 is 1.82 bits per heavy atom. The van der Waals surface area contributed by atoms with Crippen molar-refractivity contribution in [1.82, 2.24) is 20.6 Å². The van der Waals surface area contributed by atoms with Crippen LogP contribution in [0.4, 0.5) is 4.79 Å². The Balaban J connectivity index is 2.07. The molecular weight excluding hydrogens is 288 g/mol. The predicted molar refractivity (Wildman–Crippen MR) is 77.0 cm³/mol. The van der Waals surface area contributed by atoms with Crippen molar-refractivity contribution in [3.05, 3.63) is 36.2 Å². The van der Waals surface area contributed by atoms with Crippen molar-refractivity contribution >= 4 is 28.9 Å². The quantitative estimate of drug-likeness (QED) is 0.805. The molecule has 22 heavy (non-hydrogen) atoms. The summed E-state index contributed by atoms with van der Waals surface area (Å²) in [4.78, 5) is 42.8. The van der Waals surface area contributed by atoms with E-state index in [0.29, 0.717) is 11.0 Å². The summed E-state index contributed by atoms with van der Waals surface area (Å²) < 4.78 is 5.01. The van der Waals surface area contributed by atoms with Gasteiger partial charge >= 0.3 is 12.0 Å². The lowest BCUT2D eigenvalue weighted by Gasteiger charge is -2.12. The molecule has 2 aromatic rings. The van der Waals surface area contributed by atoms with Gasteiger partial charge < -0.3 is 10.1 Å². The van der Waals surface area contributed by atoms with Gasteiger partial charge in [0.15, 0.2) is 6.10 Å². The zero-order chi connectivity index (χ0) is 16.1. The molecule has 8 heteroatoms. The number of carbonyl (C=O) groups excluding carboxylic acids is 3. The molecule has 0 spiro atoms. The van der Waals surface area contributed by atoms with Gasteiger partial charge in [-0.2, -0.15) is 0 Å². The van der Waals surface area contributed by atoms with Crippen LogP contribution >= 0.6 is 0 Å². The molecule has 0 radical (unpaired) electrons. The highest BCUT2D eigenvalue weighted by Crippen LogP contribution is 2.12. The summed E-state index contributed by atoms with van der Waals surface area (Å²) in [6.07, 6.45) is 1.95. The van der Waals surface area contributed by atoms with E-state index >= 15 is 0 Å². The molecule has 0 saturated heterocycles. The van der Waals surface area contributed by atoms with Crippen LogP contribution in [-0.2, 0) is 9.53 Å². The van der Waals surface area contributed by atoms with Gasteiger partial charge in [-0.15, -0.1) is 0 Å². The van der Waals surface area contributed by atoms with Gasteiger partial charge in [0.05, 0.1) is 16.6 Å². The summed E-state index contributed by atoms with van der Waals surface area (Å²) in [5.74, 6) is -1.40. The number of benzene rings is 1. The number of amides is 3. The van der Waals surface area contributed by atoms with Gasteiger partial charge in [0.1, 0.15) is 0 Å². The van der Waals surface area contributed by atoms with Gasteiger partial charge in [0.25, 0.3) is 5.91 Å². The molecule has 0 saturated carbocycles. The predicted octanol–water partition coefficient (Wildman–Crippen LogP) is 0.631. The van der Waals surface area contributed by atoms with Gasteiger partial charge in [0, 0.05) is 19.4 Å². The highest BCUT2D eigenvalue weighted by Gasteiger charge is 2.20. The molecule has 1 heterocycles. The standard InChI is InChI=1S/C14H14N4O4/c1-8(12(19)18-14(21)15-2)22-13(20)9-3-4-10-11(7-9)17-6-5-16-10/h3-8H,1-2H3,(H2,15,18,19,21)/t8-/m1/s1. The van der Waals surface area contributed by atoms with Crippen molar-refractivity contribution in [2.24, 2.45) is 0 Å². The molecule has 2 N–H and O–H groups in total. The Bertz CT molecular complexity index is 732. The second-order valence-corrected chi connectivity index (χ2v) is 4.38. The number of aromatic nitrogens is 2. The summed E-state index contributed by atoms with van der Waals surface area (Å²) in [5.41, 5.74) is 1.43. The molecule has 1 aromatic carbocycles. The summed E-state index contributed by atoms with van der Waals surface area (Å²) in [6.45, 7) is 1.37. The maximum atomic E-state index is 12.0.